The van der Waals surface area contributed by atoms with E-state index in [1.54, 1.807) is 18.2 Å². The Morgan fingerprint density at radius 3 is 2.90 bits per heavy atom. The van der Waals surface area contributed by atoms with E-state index in [1.807, 2.05) is 0 Å². The number of rotatable bonds is 2. The minimum atomic E-state index is -0.513. The van der Waals surface area contributed by atoms with Crippen LogP contribution in [0, 0.1) is 17.7 Å². The van der Waals surface area contributed by atoms with Crippen molar-refractivity contribution in [2.45, 2.75) is 0 Å². The van der Waals surface area contributed by atoms with E-state index in [2.05, 4.69) is 27.1 Å². The lowest BCUT2D eigenvalue weighted by Crippen LogP contribution is -2.14. The van der Waals surface area contributed by atoms with Crippen LogP contribution in [0.25, 0.3) is 0 Å². The highest BCUT2D eigenvalue weighted by Crippen LogP contribution is 2.06. The van der Waals surface area contributed by atoms with Gasteiger partial charge in [0.25, 0.3) is 5.91 Å². The summed E-state index contributed by atoms with van der Waals surface area (Å²) in [5.41, 5.74) is 0.504. The first kappa shape index (κ1) is 13.6. The van der Waals surface area contributed by atoms with Crippen molar-refractivity contribution in [2.75, 3.05) is 11.9 Å². The van der Waals surface area contributed by atoms with Crippen LogP contribution in [0.2, 0.25) is 0 Å². The first-order valence-electron chi connectivity index (χ1n) is 5.69. The summed E-state index contributed by atoms with van der Waals surface area (Å²) in [4.78, 5) is 19.6. The molecular formula is C14H10FN3O2. The highest BCUT2D eigenvalue weighted by molar-refractivity contribution is 6.02. The summed E-state index contributed by atoms with van der Waals surface area (Å²) in [5.74, 6) is 4.38. The van der Waals surface area contributed by atoms with E-state index in [4.69, 9.17) is 5.11 Å². The molecule has 100 valence electrons. The fourth-order valence-electron chi connectivity index (χ4n) is 1.39. The van der Waals surface area contributed by atoms with Crippen LogP contribution in [0.15, 0.2) is 36.5 Å². The van der Waals surface area contributed by atoms with Crippen molar-refractivity contribution in [1.82, 2.24) is 9.97 Å². The Morgan fingerprint density at radius 2 is 2.20 bits per heavy atom. The van der Waals surface area contributed by atoms with Gasteiger partial charge in [0.15, 0.2) is 0 Å². The summed E-state index contributed by atoms with van der Waals surface area (Å²) in [7, 11) is 0. The Balaban J connectivity index is 2.13. The molecule has 0 fully saturated rings. The number of aliphatic hydroxyl groups excluding tert-OH is 1. The average Bonchev–Trinajstić information content (AvgIpc) is 2.46. The van der Waals surface area contributed by atoms with Gasteiger partial charge in [-0.25, -0.2) is 14.4 Å². The van der Waals surface area contributed by atoms with Crippen LogP contribution in [-0.4, -0.2) is 27.6 Å². The number of carbonyl (C=O) groups is 1. The average molecular weight is 271 g/mol. The summed E-state index contributed by atoms with van der Waals surface area (Å²) in [6, 6.07) is 7.33. The largest absolute Gasteiger partial charge is 0.384 e. The number of anilines is 1. The smallest absolute Gasteiger partial charge is 0.275 e. The molecule has 0 unspecified atom stereocenters. The lowest BCUT2D eigenvalue weighted by molar-refractivity contribution is 0.102. The predicted molar refractivity (Wildman–Crippen MR) is 70.3 cm³/mol. The minimum Gasteiger partial charge on any atom is -0.384 e. The Bertz CT molecular complexity index is 675. The molecular weight excluding hydrogens is 261 g/mol. The molecule has 0 aliphatic rings. The SMILES string of the molecule is O=C(Nc1cccc(C#CCO)n1)c1ccc(F)cn1. The van der Waals surface area contributed by atoms with E-state index in [-0.39, 0.29) is 12.3 Å². The molecule has 0 atom stereocenters. The van der Waals surface area contributed by atoms with Gasteiger partial charge >= 0.3 is 0 Å². The van der Waals surface area contributed by atoms with Gasteiger partial charge in [-0.2, -0.15) is 0 Å². The number of aliphatic hydroxyl groups is 1. The van der Waals surface area contributed by atoms with Crippen LogP contribution in [0.5, 0.6) is 0 Å². The molecule has 2 heterocycles. The van der Waals surface area contributed by atoms with Crippen LogP contribution in [0.1, 0.15) is 16.2 Å². The van der Waals surface area contributed by atoms with Crippen molar-refractivity contribution >= 4 is 11.7 Å². The lowest BCUT2D eigenvalue weighted by atomic mass is 10.3. The molecule has 2 aromatic heterocycles. The molecule has 6 heteroatoms. The molecule has 0 aromatic carbocycles. The van der Waals surface area contributed by atoms with Crippen LogP contribution >= 0.6 is 0 Å². The molecule has 0 saturated carbocycles. The first-order valence-corrected chi connectivity index (χ1v) is 5.69. The monoisotopic (exact) mass is 271 g/mol. The second-order valence-corrected chi connectivity index (χ2v) is 3.68. The molecule has 0 radical (unpaired) electrons. The molecule has 1 amide bonds. The minimum absolute atomic E-state index is 0.0834. The summed E-state index contributed by atoms with van der Waals surface area (Å²) in [6.07, 6.45) is 0.964. The highest BCUT2D eigenvalue weighted by atomic mass is 19.1. The Morgan fingerprint density at radius 1 is 1.35 bits per heavy atom. The molecule has 0 aliphatic carbocycles. The van der Waals surface area contributed by atoms with Gasteiger partial charge < -0.3 is 10.4 Å². The molecule has 2 rings (SSSR count). The number of halogens is 1. The first-order chi connectivity index (χ1) is 9.69. The molecule has 0 spiro atoms. The topological polar surface area (TPSA) is 75.1 Å². The number of nitrogens with one attached hydrogen (secondary N) is 1. The number of hydrogen-bond acceptors (Lipinski definition) is 4. The van der Waals surface area contributed by atoms with Gasteiger partial charge in [0.05, 0.1) is 6.20 Å². The van der Waals surface area contributed by atoms with Gasteiger partial charge in [-0.3, -0.25) is 4.79 Å². The third kappa shape index (κ3) is 3.60. The van der Waals surface area contributed by atoms with Crippen molar-refractivity contribution < 1.29 is 14.3 Å². The lowest BCUT2D eigenvalue weighted by Gasteiger charge is -2.03. The zero-order valence-electron chi connectivity index (χ0n) is 10.3. The van der Waals surface area contributed by atoms with Gasteiger partial charge in [-0.05, 0) is 30.2 Å². The molecule has 0 saturated heterocycles. The van der Waals surface area contributed by atoms with Gasteiger partial charge in [0.1, 0.15) is 29.6 Å². The van der Waals surface area contributed by atoms with E-state index in [0.29, 0.717) is 11.5 Å². The van der Waals surface area contributed by atoms with Gasteiger partial charge in [0, 0.05) is 0 Å². The van der Waals surface area contributed by atoms with Gasteiger partial charge in [-0.15, -0.1) is 0 Å². The quantitative estimate of drug-likeness (QED) is 0.805. The van der Waals surface area contributed by atoms with Crippen molar-refractivity contribution in [3.63, 3.8) is 0 Å². The van der Waals surface area contributed by atoms with Crippen molar-refractivity contribution in [3.05, 3.63) is 53.7 Å². The van der Waals surface area contributed by atoms with Crippen LogP contribution in [0.4, 0.5) is 10.2 Å². The van der Waals surface area contributed by atoms with Crippen LogP contribution in [0.3, 0.4) is 0 Å². The Labute approximate surface area is 114 Å². The van der Waals surface area contributed by atoms with E-state index >= 15 is 0 Å². The molecule has 2 aromatic rings. The molecule has 0 bridgehead atoms. The van der Waals surface area contributed by atoms with Gasteiger partial charge in [-0.1, -0.05) is 12.0 Å². The van der Waals surface area contributed by atoms with E-state index in [0.717, 1.165) is 12.3 Å². The van der Waals surface area contributed by atoms with E-state index in [1.165, 1.54) is 6.07 Å². The van der Waals surface area contributed by atoms with Crippen LogP contribution in [-0.2, 0) is 0 Å². The number of amides is 1. The van der Waals surface area contributed by atoms with E-state index < -0.39 is 11.7 Å². The highest BCUT2D eigenvalue weighted by Gasteiger charge is 2.08. The summed E-state index contributed by atoms with van der Waals surface area (Å²) in [5, 5.41) is 11.1. The zero-order valence-corrected chi connectivity index (χ0v) is 10.3. The number of carbonyl (C=O) groups excluding carboxylic acids is 1. The van der Waals surface area contributed by atoms with Crippen molar-refractivity contribution in [1.29, 1.82) is 0 Å². The maximum Gasteiger partial charge on any atom is 0.275 e. The zero-order chi connectivity index (χ0) is 14.4. The molecule has 2 N–H and O–H groups in total. The van der Waals surface area contributed by atoms with Crippen molar-refractivity contribution in [3.8, 4) is 11.8 Å². The molecule has 5 nitrogen and oxygen atoms in total. The second kappa shape index (κ2) is 6.41. The number of aromatic nitrogens is 2. The summed E-state index contributed by atoms with van der Waals surface area (Å²) >= 11 is 0. The van der Waals surface area contributed by atoms with Crippen LogP contribution < -0.4 is 5.32 Å². The molecule has 20 heavy (non-hydrogen) atoms. The maximum absolute atomic E-state index is 12.7. The maximum atomic E-state index is 12.7. The third-order valence-electron chi connectivity index (χ3n) is 2.25. The fourth-order valence-corrected chi connectivity index (χ4v) is 1.39. The summed E-state index contributed by atoms with van der Waals surface area (Å²) < 4.78 is 12.7. The fraction of sp³-hybridized carbons (Fsp3) is 0.0714. The van der Waals surface area contributed by atoms with Gasteiger partial charge in [0.2, 0.25) is 0 Å². The normalized spacial score (nSPS) is 9.50. The standard InChI is InChI=1S/C14H10FN3O2/c15-10-6-7-12(16-9-10)14(20)18-13-5-1-3-11(17-13)4-2-8-19/h1,3,5-7,9,19H,8H2,(H,17,18,20). The third-order valence-corrected chi connectivity index (χ3v) is 2.25. The second-order valence-electron chi connectivity index (χ2n) is 3.68. The van der Waals surface area contributed by atoms with Crippen molar-refractivity contribution in [2.24, 2.45) is 0 Å². The molecule has 0 aliphatic heterocycles. The number of hydrogen-bond donors (Lipinski definition) is 2. The Kier molecular flexibility index (Phi) is 4.37. The summed E-state index contributed by atoms with van der Waals surface area (Å²) in [6.45, 7) is -0.266. The Hall–Kier alpha value is -2.78. The number of nitrogens with zero attached hydrogens (tertiary/aromatic N) is 2. The predicted octanol–water partition coefficient (Wildman–Crippen LogP) is 1.21. The van der Waals surface area contributed by atoms with E-state index in [9.17, 15) is 9.18 Å². The number of pyridine rings is 2.